The first kappa shape index (κ1) is 28.5. The summed E-state index contributed by atoms with van der Waals surface area (Å²) in [4.78, 5) is 11.4. The van der Waals surface area contributed by atoms with E-state index in [4.69, 9.17) is 4.74 Å². The first-order valence-electron chi connectivity index (χ1n) is 13.5. The molecule has 0 aliphatic carbocycles. The van der Waals surface area contributed by atoms with E-state index < -0.39 is 0 Å². The molecule has 0 aliphatic rings. The number of carbonyl (C=O) groups excluding carboxylic acids is 1. The van der Waals surface area contributed by atoms with Crippen LogP contribution in [0.3, 0.4) is 0 Å². The molecule has 0 N–H and O–H groups in total. The minimum atomic E-state index is -0.00958. The monoisotopic (exact) mass is 410 g/mol. The van der Waals surface area contributed by atoms with E-state index >= 15 is 0 Å². The minimum Gasteiger partial charge on any atom is -0.466 e. The summed E-state index contributed by atoms with van der Waals surface area (Å²) in [6.07, 6.45) is 30.8. The molecule has 0 fully saturated rings. The Kier molecular flexibility index (Phi) is 25.0. The number of carbonyl (C=O) groups is 1. The fourth-order valence-corrected chi connectivity index (χ4v) is 3.99. The highest BCUT2D eigenvalue weighted by Crippen LogP contribution is 2.15. The minimum absolute atomic E-state index is 0.00958. The molecule has 0 bridgehead atoms. The lowest BCUT2D eigenvalue weighted by atomic mass is 10.0. The van der Waals surface area contributed by atoms with Crippen molar-refractivity contribution in [1.29, 1.82) is 0 Å². The zero-order chi connectivity index (χ0) is 21.3. The van der Waals surface area contributed by atoms with Crippen molar-refractivity contribution in [3.8, 4) is 0 Å². The van der Waals surface area contributed by atoms with Crippen molar-refractivity contribution in [3.63, 3.8) is 0 Å². The third kappa shape index (κ3) is 25.4. The quantitative estimate of drug-likeness (QED) is 0.117. The Bertz CT molecular complexity index is 314. The molecule has 2 nitrogen and oxygen atoms in total. The lowest BCUT2D eigenvalue weighted by molar-refractivity contribution is -0.143. The third-order valence-corrected chi connectivity index (χ3v) is 5.95. The van der Waals surface area contributed by atoms with Crippen LogP contribution >= 0.6 is 0 Å². The molecule has 0 saturated carbocycles. The largest absolute Gasteiger partial charge is 0.466 e. The second-order valence-corrected chi connectivity index (χ2v) is 9.04. The molecule has 0 aliphatic heterocycles. The smallest absolute Gasteiger partial charge is 0.305 e. The average Bonchev–Trinajstić information content (AvgIpc) is 2.73. The number of esters is 1. The van der Waals surface area contributed by atoms with Gasteiger partial charge >= 0.3 is 5.97 Å². The van der Waals surface area contributed by atoms with Crippen molar-refractivity contribution in [3.05, 3.63) is 0 Å². The van der Waals surface area contributed by atoms with Gasteiger partial charge in [0.1, 0.15) is 0 Å². The Labute approximate surface area is 184 Å². The van der Waals surface area contributed by atoms with Crippen LogP contribution in [0.2, 0.25) is 0 Å². The van der Waals surface area contributed by atoms with Gasteiger partial charge in [0.05, 0.1) is 6.61 Å². The molecule has 0 amide bonds. The molecular weight excluding hydrogens is 356 g/mol. The van der Waals surface area contributed by atoms with E-state index in [1.807, 2.05) is 6.92 Å². The highest BCUT2D eigenvalue weighted by molar-refractivity contribution is 5.69. The Hall–Kier alpha value is -0.530. The van der Waals surface area contributed by atoms with Gasteiger partial charge in [0, 0.05) is 6.42 Å². The van der Waals surface area contributed by atoms with Crippen LogP contribution in [0.5, 0.6) is 0 Å². The molecule has 0 radical (unpaired) electrons. The molecule has 2 heteroatoms. The van der Waals surface area contributed by atoms with E-state index in [-0.39, 0.29) is 5.97 Å². The molecule has 0 aromatic rings. The van der Waals surface area contributed by atoms with Crippen LogP contribution in [0.15, 0.2) is 0 Å². The topological polar surface area (TPSA) is 26.3 Å². The summed E-state index contributed by atoms with van der Waals surface area (Å²) in [7, 11) is 0. The molecular formula is C27H54O2. The SMILES string of the molecule is CCCCCCCCCCCCCCCCCCCCCCCC(=O)OCCC. The Morgan fingerprint density at radius 3 is 1.07 bits per heavy atom. The molecule has 0 aromatic heterocycles. The Morgan fingerprint density at radius 1 is 0.448 bits per heavy atom. The summed E-state index contributed by atoms with van der Waals surface area (Å²) in [5.41, 5.74) is 0. The summed E-state index contributed by atoms with van der Waals surface area (Å²) in [5, 5.41) is 0. The Balaban J connectivity index is 3.04. The lowest BCUT2D eigenvalue weighted by Crippen LogP contribution is -2.04. The van der Waals surface area contributed by atoms with Crippen molar-refractivity contribution in [2.45, 2.75) is 162 Å². The highest BCUT2D eigenvalue weighted by atomic mass is 16.5. The van der Waals surface area contributed by atoms with Gasteiger partial charge in [-0.05, 0) is 12.8 Å². The van der Waals surface area contributed by atoms with Crippen LogP contribution < -0.4 is 0 Å². The van der Waals surface area contributed by atoms with Gasteiger partial charge in [0.15, 0.2) is 0 Å². The highest BCUT2D eigenvalue weighted by Gasteiger charge is 2.01. The summed E-state index contributed by atoms with van der Waals surface area (Å²) in [6.45, 7) is 4.91. The van der Waals surface area contributed by atoms with E-state index in [2.05, 4.69) is 6.92 Å². The predicted octanol–water partition coefficient (Wildman–Crippen LogP) is 9.54. The standard InChI is InChI=1S/C27H54O2/c1-3-5-6-7-8-9-10-11-12-13-14-15-16-17-18-19-20-21-22-23-24-25-27(28)29-26-4-2/h3-26H2,1-2H3. The summed E-state index contributed by atoms with van der Waals surface area (Å²) in [5.74, 6) is -0.00958. The van der Waals surface area contributed by atoms with E-state index in [9.17, 15) is 4.79 Å². The maximum absolute atomic E-state index is 11.4. The van der Waals surface area contributed by atoms with E-state index in [1.54, 1.807) is 0 Å². The number of hydrogen-bond donors (Lipinski definition) is 0. The summed E-state index contributed by atoms with van der Waals surface area (Å²) in [6, 6.07) is 0. The fraction of sp³-hybridized carbons (Fsp3) is 0.963. The number of unbranched alkanes of at least 4 members (excludes halogenated alkanes) is 20. The Morgan fingerprint density at radius 2 is 0.759 bits per heavy atom. The van der Waals surface area contributed by atoms with E-state index in [0.717, 1.165) is 12.8 Å². The lowest BCUT2D eigenvalue weighted by Gasteiger charge is -2.04. The van der Waals surface area contributed by atoms with Crippen LogP contribution in [0.4, 0.5) is 0 Å². The zero-order valence-electron chi connectivity index (χ0n) is 20.3. The van der Waals surface area contributed by atoms with Crippen molar-refractivity contribution in [1.82, 2.24) is 0 Å². The third-order valence-electron chi connectivity index (χ3n) is 5.95. The first-order chi connectivity index (χ1) is 14.3. The molecule has 0 rings (SSSR count). The van der Waals surface area contributed by atoms with E-state index in [1.165, 1.54) is 128 Å². The molecule has 29 heavy (non-hydrogen) atoms. The van der Waals surface area contributed by atoms with E-state index in [0.29, 0.717) is 13.0 Å². The van der Waals surface area contributed by atoms with Crippen molar-refractivity contribution in [2.75, 3.05) is 6.61 Å². The van der Waals surface area contributed by atoms with Crippen LogP contribution in [0.25, 0.3) is 0 Å². The van der Waals surface area contributed by atoms with Gasteiger partial charge in [-0.3, -0.25) is 4.79 Å². The molecule has 174 valence electrons. The molecule has 0 saturated heterocycles. The maximum Gasteiger partial charge on any atom is 0.305 e. The maximum atomic E-state index is 11.4. The van der Waals surface area contributed by atoms with Crippen LogP contribution in [0.1, 0.15) is 162 Å². The van der Waals surface area contributed by atoms with Crippen molar-refractivity contribution >= 4 is 5.97 Å². The van der Waals surface area contributed by atoms with Gasteiger partial charge < -0.3 is 4.74 Å². The first-order valence-corrected chi connectivity index (χ1v) is 13.5. The van der Waals surface area contributed by atoms with Crippen molar-refractivity contribution < 1.29 is 9.53 Å². The van der Waals surface area contributed by atoms with Gasteiger partial charge in [-0.25, -0.2) is 0 Å². The van der Waals surface area contributed by atoms with Gasteiger partial charge in [-0.1, -0.05) is 142 Å². The average molecular weight is 411 g/mol. The van der Waals surface area contributed by atoms with Crippen LogP contribution in [-0.2, 0) is 9.53 Å². The number of ether oxygens (including phenoxy) is 1. The molecule has 0 aromatic carbocycles. The van der Waals surface area contributed by atoms with Crippen LogP contribution in [0, 0.1) is 0 Å². The summed E-state index contributed by atoms with van der Waals surface area (Å²) >= 11 is 0. The number of hydrogen-bond acceptors (Lipinski definition) is 2. The zero-order valence-corrected chi connectivity index (χ0v) is 20.3. The predicted molar refractivity (Wildman–Crippen MR) is 128 cm³/mol. The van der Waals surface area contributed by atoms with Gasteiger partial charge in [0.25, 0.3) is 0 Å². The van der Waals surface area contributed by atoms with Gasteiger partial charge in [-0.15, -0.1) is 0 Å². The molecule has 0 unspecified atom stereocenters. The van der Waals surface area contributed by atoms with Gasteiger partial charge in [0.2, 0.25) is 0 Å². The van der Waals surface area contributed by atoms with Gasteiger partial charge in [-0.2, -0.15) is 0 Å². The molecule has 0 spiro atoms. The summed E-state index contributed by atoms with van der Waals surface area (Å²) < 4.78 is 5.10. The second-order valence-electron chi connectivity index (χ2n) is 9.04. The number of rotatable bonds is 24. The molecule has 0 heterocycles. The van der Waals surface area contributed by atoms with Crippen LogP contribution in [-0.4, -0.2) is 12.6 Å². The fourth-order valence-electron chi connectivity index (χ4n) is 3.99. The normalized spacial score (nSPS) is 11.1. The molecule has 0 atom stereocenters. The second kappa shape index (κ2) is 25.5. The van der Waals surface area contributed by atoms with Crippen molar-refractivity contribution in [2.24, 2.45) is 0 Å².